The third-order valence-electron chi connectivity index (χ3n) is 14.7. The third-order valence-corrected chi connectivity index (χ3v) is 15.8. The van der Waals surface area contributed by atoms with Crippen molar-refractivity contribution in [1.82, 2.24) is 4.98 Å². The third kappa shape index (κ3) is 21.5. The van der Waals surface area contributed by atoms with E-state index in [0.29, 0.717) is 119 Å². The molecule has 0 amide bonds. The number of aliphatic imine (C=N–C) groups is 1. The highest BCUT2D eigenvalue weighted by atomic mass is 32.1. The van der Waals surface area contributed by atoms with Gasteiger partial charge in [-0.2, -0.15) is 0 Å². The molecule has 5 aromatic rings. The highest BCUT2D eigenvalue weighted by Gasteiger charge is 2.34. The molecule has 1 atom stereocenters. The first-order valence-electron chi connectivity index (χ1n) is 29.1. The van der Waals surface area contributed by atoms with Gasteiger partial charge in [-0.1, -0.05) is 25.3 Å². The number of unbranched alkanes of at least 4 members (excludes halogenated alkanes) is 6. The smallest absolute Gasteiger partial charge is 0.330 e. The number of thiazole rings is 1. The number of nitrogens with zero attached hydrogens (tertiary/aromatic N) is 2. The van der Waals surface area contributed by atoms with Gasteiger partial charge in [0, 0.05) is 36.8 Å². The van der Waals surface area contributed by atoms with E-state index in [1.807, 2.05) is 24.3 Å². The van der Waals surface area contributed by atoms with Gasteiger partial charge < -0.3 is 48.1 Å². The van der Waals surface area contributed by atoms with Gasteiger partial charge in [-0.05, 0) is 188 Å². The molecule has 448 valence electrons. The summed E-state index contributed by atoms with van der Waals surface area (Å²) >= 11 is 1.56. The molecular formula is C65H76N2O16S. The zero-order chi connectivity index (χ0) is 59.5. The van der Waals surface area contributed by atoms with Crippen LogP contribution in [0.2, 0.25) is 0 Å². The molecule has 84 heavy (non-hydrogen) atoms. The number of benzene rings is 4. The molecule has 0 aliphatic heterocycles. The van der Waals surface area contributed by atoms with Gasteiger partial charge in [-0.3, -0.25) is 24.2 Å². The Morgan fingerprint density at radius 1 is 0.548 bits per heavy atom. The van der Waals surface area contributed by atoms with Crippen LogP contribution in [0.3, 0.4) is 0 Å². The molecule has 2 aliphatic carbocycles. The van der Waals surface area contributed by atoms with Crippen LogP contribution in [-0.4, -0.2) is 96.0 Å². The van der Waals surface area contributed by atoms with Gasteiger partial charge in [0.15, 0.2) is 6.29 Å². The van der Waals surface area contributed by atoms with E-state index in [0.717, 1.165) is 78.7 Å². The summed E-state index contributed by atoms with van der Waals surface area (Å²) in [7, 11) is 0. The molecule has 0 saturated heterocycles. The Morgan fingerprint density at radius 2 is 0.976 bits per heavy atom. The lowest BCUT2D eigenvalue weighted by Crippen LogP contribution is -2.30. The first-order valence-corrected chi connectivity index (χ1v) is 29.9. The normalized spacial score (nSPS) is 17.2. The summed E-state index contributed by atoms with van der Waals surface area (Å²) in [6, 6.07) is 25.6. The summed E-state index contributed by atoms with van der Waals surface area (Å²) in [6.07, 6.45) is 13.1. The van der Waals surface area contributed by atoms with Crippen LogP contribution in [0.4, 0.5) is 0 Å². The predicted octanol–water partition coefficient (Wildman–Crippen LogP) is 11.4. The van der Waals surface area contributed by atoms with Crippen molar-refractivity contribution < 1.29 is 76.9 Å². The maximum atomic E-state index is 13.9. The number of aryl methyl sites for hydroxylation is 1. The Bertz CT molecular complexity index is 2940. The number of aromatic nitrogens is 1. The van der Waals surface area contributed by atoms with E-state index in [9.17, 15) is 39.0 Å². The standard InChI is InChI=1S/C65H76N2O16S/c1-3-60(70)78-39-13-7-5-11-37-76-50-26-30-52(31-27-50)80-62(72)44-17-19-46(20-18-44)64(74)82-54-34-35-56(48(41-54)43-66-49(42-59(68)69)25-36-58-67-55-15-9-10-16-57(55)84-58)83-65(75)47-23-21-45(22-24-47)63(73)81-53-32-28-51(29-33-53)77-38-12-6-8-14-40-79-61(71)4-2/h3-4,9-10,15-16,26-35,41,43-47,49,59,68-69H,1-2,5-8,11-14,17-25,36-40,42H2. The first kappa shape index (κ1) is 63.8. The second-order valence-electron chi connectivity index (χ2n) is 21.0. The van der Waals surface area contributed by atoms with Gasteiger partial charge in [-0.15, -0.1) is 11.3 Å². The number of carbonyl (C=O) groups is 6. The van der Waals surface area contributed by atoms with Crippen molar-refractivity contribution in [1.29, 1.82) is 0 Å². The summed E-state index contributed by atoms with van der Waals surface area (Å²) in [4.78, 5) is 85.8. The fourth-order valence-electron chi connectivity index (χ4n) is 9.87. The quantitative estimate of drug-likeness (QED) is 0.00990. The highest BCUT2D eigenvalue weighted by molar-refractivity contribution is 7.18. The van der Waals surface area contributed by atoms with Crippen LogP contribution in [0, 0.1) is 23.7 Å². The van der Waals surface area contributed by atoms with Crippen LogP contribution in [-0.2, 0) is 44.7 Å². The van der Waals surface area contributed by atoms with E-state index >= 15 is 0 Å². The molecule has 1 aromatic heterocycles. The summed E-state index contributed by atoms with van der Waals surface area (Å²) < 4.78 is 46.1. The van der Waals surface area contributed by atoms with Crippen molar-refractivity contribution in [3.8, 4) is 34.5 Å². The lowest BCUT2D eigenvalue weighted by atomic mass is 9.82. The van der Waals surface area contributed by atoms with Crippen LogP contribution < -0.4 is 28.4 Å². The van der Waals surface area contributed by atoms with Gasteiger partial charge in [0.1, 0.15) is 34.5 Å². The van der Waals surface area contributed by atoms with Gasteiger partial charge in [0.05, 0.1) is 71.4 Å². The summed E-state index contributed by atoms with van der Waals surface area (Å²) in [6.45, 7) is 8.53. The molecule has 7 rings (SSSR count). The van der Waals surface area contributed by atoms with Crippen molar-refractivity contribution in [3.05, 3.63) is 127 Å². The van der Waals surface area contributed by atoms with Crippen LogP contribution >= 0.6 is 11.3 Å². The summed E-state index contributed by atoms with van der Waals surface area (Å²) in [5.74, 6) is -1.97. The number of hydrogen-bond acceptors (Lipinski definition) is 19. The number of carbonyl (C=O) groups excluding carboxylic acids is 6. The van der Waals surface area contributed by atoms with E-state index in [1.54, 1.807) is 65.9 Å². The average Bonchev–Trinajstić information content (AvgIpc) is 4.02. The highest BCUT2D eigenvalue weighted by Crippen LogP contribution is 2.35. The summed E-state index contributed by atoms with van der Waals surface area (Å²) in [5, 5.41) is 21.0. The summed E-state index contributed by atoms with van der Waals surface area (Å²) in [5.41, 5.74) is 1.20. The maximum Gasteiger partial charge on any atom is 0.330 e. The lowest BCUT2D eigenvalue weighted by molar-refractivity contribution is -0.145. The van der Waals surface area contributed by atoms with Gasteiger partial charge in [0.2, 0.25) is 0 Å². The maximum absolute atomic E-state index is 13.9. The van der Waals surface area contributed by atoms with E-state index < -0.39 is 59.9 Å². The number of esters is 6. The minimum absolute atomic E-state index is 0.0720. The molecular weight excluding hydrogens is 1100 g/mol. The average molecular weight is 1170 g/mol. The van der Waals surface area contributed by atoms with Crippen LogP contribution in [0.15, 0.2) is 121 Å². The molecule has 2 fully saturated rings. The van der Waals surface area contributed by atoms with Crippen molar-refractivity contribution in [2.75, 3.05) is 26.4 Å². The van der Waals surface area contributed by atoms with Crippen LogP contribution in [0.25, 0.3) is 10.2 Å². The molecule has 1 heterocycles. The van der Waals surface area contributed by atoms with Crippen molar-refractivity contribution in [3.63, 3.8) is 0 Å². The van der Waals surface area contributed by atoms with Crippen molar-refractivity contribution in [2.24, 2.45) is 28.7 Å². The number of ether oxygens (including phenoxy) is 8. The predicted molar refractivity (Wildman–Crippen MR) is 315 cm³/mol. The largest absolute Gasteiger partial charge is 0.494 e. The van der Waals surface area contributed by atoms with Crippen molar-refractivity contribution >= 4 is 63.6 Å². The molecule has 0 bridgehead atoms. The number of aliphatic hydroxyl groups excluding tert-OH is 1. The molecule has 1 unspecified atom stereocenters. The molecule has 0 spiro atoms. The number of hydrogen-bond donors (Lipinski definition) is 2. The molecule has 2 saturated carbocycles. The zero-order valence-electron chi connectivity index (χ0n) is 47.4. The monoisotopic (exact) mass is 1170 g/mol. The minimum atomic E-state index is -1.65. The van der Waals surface area contributed by atoms with E-state index in [-0.39, 0.29) is 29.9 Å². The fourth-order valence-corrected chi connectivity index (χ4v) is 10.9. The topological polar surface area (TPSA) is 242 Å². The Labute approximate surface area is 494 Å². The molecule has 18 nitrogen and oxygen atoms in total. The lowest BCUT2D eigenvalue weighted by Gasteiger charge is -2.26. The fraction of sp³-hybridized carbons (Fsp3) is 0.446. The Balaban J connectivity index is 0.897. The molecule has 4 aromatic carbocycles. The molecule has 0 radical (unpaired) electrons. The second-order valence-corrected chi connectivity index (χ2v) is 22.1. The van der Waals surface area contributed by atoms with E-state index in [2.05, 4.69) is 13.2 Å². The SMILES string of the molecule is C=CC(=O)OCCCCCCOc1ccc(OC(=O)C2CCC(C(=O)Oc3ccc(OC(=O)C4CCC(C(=O)Oc5ccc(OCCCCCCOC(=O)C=C)cc5)CC4)c(C=NC(CCc4nc5ccccc5s4)CC(O)O)c3)CC2)cc1. The van der Waals surface area contributed by atoms with Crippen molar-refractivity contribution in [2.45, 2.75) is 134 Å². The zero-order valence-corrected chi connectivity index (χ0v) is 48.3. The number of aliphatic hydroxyl groups is 2. The molecule has 2 N–H and O–H groups in total. The Morgan fingerprint density at radius 3 is 1.44 bits per heavy atom. The second kappa shape index (κ2) is 34.1. The Hall–Kier alpha value is -7.74. The number of rotatable bonds is 33. The molecule has 2 aliphatic rings. The van der Waals surface area contributed by atoms with Gasteiger partial charge in [-0.25, -0.2) is 14.6 Å². The Kier molecular flexibility index (Phi) is 25.9. The molecule has 19 heteroatoms. The minimum Gasteiger partial charge on any atom is -0.494 e. The van der Waals surface area contributed by atoms with Crippen LogP contribution in [0.5, 0.6) is 34.5 Å². The first-order chi connectivity index (χ1) is 40.8. The number of para-hydroxylation sites is 1. The van der Waals surface area contributed by atoms with Gasteiger partial charge >= 0.3 is 35.8 Å². The van der Waals surface area contributed by atoms with E-state index in [4.69, 9.17) is 47.9 Å². The van der Waals surface area contributed by atoms with Gasteiger partial charge in [0.25, 0.3) is 0 Å². The number of fused-ring (bicyclic) bond motifs is 1. The van der Waals surface area contributed by atoms with E-state index in [1.165, 1.54) is 18.3 Å². The van der Waals surface area contributed by atoms with Crippen LogP contribution in [0.1, 0.15) is 126 Å².